The lowest BCUT2D eigenvalue weighted by molar-refractivity contribution is -0.200. The molecular formula is C13H23NO2. The summed E-state index contributed by atoms with van der Waals surface area (Å²) in [7, 11) is 2.08. The van der Waals surface area contributed by atoms with Crippen LogP contribution >= 0.6 is 0 Å². The highest BCUT2D eigenvalue weighted by Gasteiger charge is 2.64. The van der Waals surface area contributed by atoms with Gasteiger partial charge in [0, 0.05) is 25.2 Å². The molecule has 0 bridgehead atoms. The second kappa shape index (κ2) is 3.97. The molecule has 0 aromatic carbocycles. The molecule has 0 atom stereocenters. The molecule has 92 valence electrons. The van der Waals surface area contributed by atoms with Gasteiger partial charge in [-0.2, -0.15) is 0 Å². The van der Waals surface area contributed by atoms with Gasteiger partial charge in [-0.25, -0.2) is 0 Å². The van der Waals surface area contributed by atoms with E-state index in [1.54, 1.807) is 0 Å². The van der Waals surface area contributed by atoms with E-state index in [4.69, 9.17) is 9.47 Å². The van der Waals surface area contributed by atoms with E-state index in [1.165, 1.54) is 32.2 Å². The highest BCUT2D eigenvalue weighted by atomic mass is 16.5. The molecule has 3 heteroatoms. The van der Waals surface area contributed by atoms with Crippen molar-refractivity contribution in [3.05, 3.63) is 0 Å². The monoisotopic (exact) mass is 225 g/mol. The summed E-state index contributed by atoms with van der Waals surface area (Å²) in [5, 5.41) is 3.40. The van der Waals surface area contributed by atoms with Crippen LogP contribution < -0.4 is 5.32 Å². The van der Waals surface area contributed by atoms with E-state index in [-0.39, 0.29) is 0 Å². The number of nitrogens with one attached hydrogen (secondary N) is 1. The molecule has 3 fully saturated rings. The lowest BCUT2D eigenvalue weighted by atomic mass is 9.60. The van der Waals surface area contributed by atoms with Crippen LogP contribution in [0, 0.1) is 16.7 Å². The molecule has 16 heavy (non-hydrogen) atoms. The molecule has 3 rings (SSSR count). The third-order valence-electron chi connectivity index (χ3n) is 5.15. The molecule has 0 spiro atoms. The van der Waals surface area contributed by atoms with Gasteiger partial charge in [-0.3, -0.25) is 0 Å². The summed E-state index contributed by atoms with van der Waals surface area (Å²) < 4.78 is 11.1. The molecule has 0 amide bonds. The van der Waals surface area contributed by atoms with Gasteiger partial charge in [0.2, 0.25) is 0 Å². The first-order chi connectivity index (χ1) is 7.83. The van der Waals surface area contributed by atoms with E-state index in [9.17, 15) is 0 Å². The smallest absolute Gasteiger partial charge is 0.0553 e. The molecular weight excluding hydrogens is 202 g/mol. The summed E-state index contributed by atoms with van der Waals surface area (Å²) in [5.74, 6) is 0.839. The molecule has 1 saturated carbocycles. The summed E-state index contributed by atoms with van der Waals surface area (Å²) in [5.41, 5.74) is 1.04. The maximum Gasteiger partial charge on any atom is 0.0553 e. The van der Waals surface area contributed by atoms with E-state index in [0.29, 0.717) is 10.8 Å². The highest BCUT2D eigenvalue weighted by molar-refractivity contribution is 5.13. The Morgan fingerprint density at radius 2 is 1.81 bits per heavy atom. The summed E-state index contributed by atoms with van der Waals surface area (Å²) in [6, 6.07) is 0. The van der Waals surface area contributed by atoms with Crippen LogP contribution in [0.3, 0.4) is 0 Å². The van der Waals surface area contributed by atoms with Crippen LogP contribution in [0.25, 0.3) is 0 Å². The third-order valence-corrected chi connectivity index (χ3v) is 5.15. The van der Waals surface area contributed by atoms with Gasteiger partial charge in [0.15, 0.2) is 0 Å². The average Bonchev–Trinajstić information content (AvgIpc) is 2.99. The minimum absolute atomic E-state index is 0.486. The van der Waals surface area contributed by atoms with E-state index in [0.717, 1.165) is 32.3 Å². The molecule has 1 N–H and O–H groups in total. The fourth-order valence-electron chi connectivity index (χ4n) is 3.89. The quantitative estimate of drug-likeness (QED) is 0.785. The Balaban J connectivity index is 1.77. The van der Waals surface area contributed by atoms with Gasteiger partial charge in [0.25, 0.3) is 0 Å². The van der Waals surface area contributed by atoms with Crippen LogP contribution in [0.1, 0.15) is 25.7 Å². The number of hydrogen-bond acceptors (Lipinski definition) is 3. The molecule has 3 aliphatic rings. The van der Waals surface area contributed by atoms with Gasteiger partial charge in [-0.15, -0.1) is 0 Å². The van der Waals surface area contributed by atoms with E-state index in [1.807, 2.05) is 0 Å². The molecule has 0 aromatic rings. The summed E-state index contributed by atoms with van der Waals surface area (Å²) in [4.78, 5) is 0. The minimum atomic E-state index is 0.486. The second-order valence-corrected chi connectivity index (χ2v) is 5.85. The fourth-order valence-corrected chi connectivity index (χ4v) is 3.89. The first-order valence-electron chi connectivity index (χ1n) is 6.63. The van der Waals surface area contributed by atoms with Crippen molar-refractivity contribution in [2.75, 3.05) is 40.0 Å². The van der Waals surface area contributed by atoms with Gasteiger partial charge in [-0.05, 0) is 44.1 Å². The summed E-state index contributed by atoms with van der Waals surface area (Å²) in [6.45, 7) is 5.09. The van der Waals surface area contributed by atoms with Crippen LogP contribution in [0.15, 0.2) is 0 Å². The third kappa shape index (κ3) is 1.45. The molecule has 2 heterocycles. The minimum Gasteiger partial charge on any atom is -0.381 e. The van der Waals surface area contributed by atoms with E-state index < -0.39 is 0 Å². The molecule has 2 aliphatic heterocycles. The Morgan fingerprint density at radius 3 is 2.25 bits per heavy atom. The van der Waals surface area contributed by atoms with Crippen molar-refractivity contribution in [3.63, 3.8) is 0 Å². The van der Waals surface area contributed by atoms with Gasteiger partial charge in [0.05, 0.1) is 13.2 Å². The Bertz CT molecular complexity index is 253. The molecule has 2 saturated heterocycles. The lowest BCUT2D eigenvalue weighted by Gasteiger charge is -2.54. The van der Waals surface area contributed by atoms with Crippen molar-refractivity contribution in [2.24, 2.45) is 16.7 Å². The Morgan fingerprint density at radius 1 is 1.12 bits per heavy atom. The van der Waals surface area contributed by atoms with Crippen LogP contribution in [0.2, 0.25) is 0 Å². The fraction of sp³-hybridized carbons (Fsp3) is 1.00. The summed E-state index contributed by atoms with van der Waals surface area (Å²) in [6.07, 6.45) is 5.28. The first-order valence-corrected chi connectivity index (χ1v) is 6.63. The van der Waals surface area contributed by atoms with E-state index in [2.05, 4.69) is 12.4 Å². The average molecular weight is 225 g/mol. The van der Waals surface area contributed by atoms with Crippen LogP contribution in [0.4, 0.5) is 0 Å². The molecule has 0 radical (unpaired) electrons. The van der Waals surface area contributed by atoms with Crippen LogP contribution in [-0.2, 0) is 9.47 Å². The van der Waals surface area contributed by atoms with Crippen molar-refractivity contribution < 1.29 is 9.47 Å². The topological polar surface area (TPSA) is 30.5 Å². The van der Waals surface area contributed by atoms with Gasteiger partial charge in [0.1, 0.15) is 0 Å². The van der Waals surface area contributed by atoms with Gasteiger partial charge >= 0.3 is 0 Å². The number of rotatable bonds is 4. The summed E-state index contributed by atoms with van der Waals surface area (Å²) >= 11 is 0. The Hall–Kier alpha value is -0.120. The number of hydrogen-bond donors (Lipinski definition) is 1. The maximum atomic E-state index is 5.60. The predicted octanol–water partition coefficient (Wildman–Crippen LogP) is 1.43. The van der Waals surface area contributed by atoms with Crippen molar-refractivity contribution in [1.82, 2.24) is 5.32 Å². The normalized spacial score (nSPS) is 32.1. The van der Waals surface area contributed by atoms with Crippen molar-refractivity contribution in [3.8, 4) is 0 Å². The predicted molar refractivity (Wildman–Crippen MR) is 62.4 cm³/mol. The van der Waals surface area contributed by atoms with E-state index >= 15 is 0 Å². The zero-order valence-electron chi connectivity index (χ0n) is 10.3. The van der Waals surface area contributed by atoms with Crippen LogP contribution in [-0.4, -0.2) is 40.0 Å². The zero-order chi connectivity index (χ0) is 11.1. The Kier molecular flexibility index (Phi) is 2.73. The van der Waals surface area contributed by atoms with Crippen molar-refractivity contribution in [2.45, 2.75) is 25.7 Å². The maximum absolute atomic E-state index is 5.60. The zero-order valence-corrected chi connectivity index (χ0v) is 10.3. The second-order valence-electron chi connectivity index (χ2n) is 5.85. The number of ether oxygens (including phenoxy) is 2. The standard InChI is InChI=1S/C13H23NO2/c1-14-8-12(4-5-12)13(9-16-10-13)11-2-6-15-7-3-11/h11,14H,2-10H2,1H3. The largest absolute Gasteiger partial charge is 0.381 e. The van der Waals surface area contributed by atoms with Crippen molar-refractivity contribution in [1.29, 1.82) is 0 Å². The van der Waals surface area contributed by atoms with Crippen LogP contribution in [0.5, 0.6) is 0 Å². The molecule has 3 nitrogen and oxygen atoms in total. The molecule has 0 aromatic heterocycles. The van der Waals surface area contributed by atoms with Gasteiger partial charge in [-0.1, -0.05) is 0 Å². The first kappa shape index (κ1) is 11.0. The SMILES string of the molecule is CNCC1(C2(C3CCOCC3)COC2)CC1. The lowest BCUT2D eigenvalue weighted by Crippen LogP contribution is -2.58. The van der Waals surface area contributed by atoms with Crippen molar-refractivity contribution >= 4 is 0 Å². The molecule has 1 aliphatic carbocycles. The highest BCUT2D eigenvalue weighted by Crippen LogP contribution is 2.65. The van der Waals surface area contributed by atoms with Gasteiger partial charge < -0.3 is 14.8 Å². The molecule has 0 unspecified atom stereocenters. The Labute approximate surface area is 97.9 Å².